The van der Waals surface area contributed by atoms with Crippen molar-refractivity contribution >= 4 is 27.4 Å². The Morgan fingerprint density at radius 1 is 1.18 bits per heavy atom. The minimum Gasteiger partial charge on any atom is -0.481 e. The molecule has 0 aliphatic heterocycles. The first kappa shape index (κ1) is 21.7. The molecule has 2 rings (SSSR count). The van der Waals surface area contributed by atoms with Gasteiger partial charge in [0.05, 0.1) is 21.8 Å². The Labute approximate surface area is 168 Å². The van der Waals surface area contributed by atoms with E-state index in [9.17, 15) is 17.6 Å². The van der Waals surface area contributed by atoms with Gasteiger partial charge in [0.25, 0.3) is 0 Å². The van der Waals surface area contributed by atoms with Crippen LogP contribution in [0.15, 0.2) is 41.3 Å². The number of rotatable bonds is 6. The lowest BCUT2D eigenvalue weighted by Gasteiger charge is -2.08. The van der Waals surface area contributed by atoms with Crippen LogP contribution in [0, 0.1) is 23.6 Å². The highest BCUT2D eigenvalue weighted by Crippen LogP contribution is 2.23. The smallest absolute Gasteiger partial charge is 0.341 e. The molecule has 148 valence electrons. The molecule has 0 atom stereocenters. The van der Waals surface area contributed by atoms with Crippen molar-refractivity contribution in [3.63, 3.8) is 0 Å². The van der Waals surface area contributed by atoms with Gasteiger partial charge in [0, 0.05) is 5.02 Å². The summed E-state index contributed by atoms with van der Waals surface area (Å²) in [5, 5.41) is 9.07. The van der Waals surface area contributed by atoms with E-state index in [1.807, 2.05) is 0 Å². The van der Waals surface area contributed by atoms with E-state index in [1.165, 1.54) is 30.3 Å². The van der Waals surface area contributed by atoms with E-state index in [0.29, 0.717) is 5.02 Å². The Balaban J connectivity index is 2.43. The van der Waals surface area contributed by atoms with Gasteiger partial charge in [-0.05, 0) is 42.3 Å². The minimum atomic E-state index is -3.56. The monoisotopic (exact) mass is 424 g/mol. The average molecular weight is 425 g/mol. The summed E-state index contributed by atoms with van der Waals surface area (Å²) in [4.78, 5) is 10.7. The fourth-order valence-corrected chi connectivity index (χ4v) is 4.14. The number of hydrogen-bond donors (Lipinski definition) is 1. The molecule has 0 unspecified atom stereocenters. The summed E-state index contributed by atoms with van der Waals surface area (Å²) in [6.07, 6.45) is 0. The zero-order valence-corrected chi connectivity index (χ0v) is 16.8. The number of carboxylic acids is 1. The van der Waals surface area contributed by atoms with Crippen molar-refractivity contribution in [3.8, 4) is 17.6 Å². The van der Waals surface area contributed by atoms with E-state index >= 15 is 0 Å². The van der Waals surface area contributed by atoms with Crippen LogP contribution < -0.4 is 4.74 Å². The lowest BCUT2D eigenvalue weighted by atomic mass is 10.1. The maximum atomic E-state index is 14.1. The summed E-state index contributed by atoms with van der Waals surface area (Å²) >= 11 is 5.93. The van der Waals surface area contributed by atoms with Crippen molar-refractivity contribution in [3.05, 3.63) is 58.4 Å². The first-order valence-electron chi connectivity index (χ1n) is 8.27. The van der Waals surface area contributed by atoms with Crippen LogP contribution in [0.2, 0.25) is 5.02 Å². The van der Waals surface area contributed by atoms with Gasteiger partial charge in [-0.3, -0.25) is 0 Å². The molecular formula is C20H18ClFO5S. The molecule has 0 spiro atoms. The Kier molecular flexibility index (Phi) is 7.05. The molecule has 0 bridgehead atoms. The highest BCUT2D eigenvalue weighted by atomic mass is 35.5. The van der Waals surface area contributed by atoms with E-state index in [0.717, 1.165) is 6.07 Å². The molecule has 0 radical (unpaired) electrons. The summed E-state index contributed by atoms with van der Waals surface area (Å²) in [5.41, 5.74) is 0.151. The standard InChI is InChI=1S/C20H18ClFO5S/c1-13(2)12-28(25,26)17-6-7-18(22)14(10-17)3-4-15-9-16(21)5-8-19(15)27-11-20(23)24/h5-10,13H,11-12H2,1-2H3,(H,23,24). The number of carbonyl (C=O) groups is 1. The van der Waals surface area contributed by atoms with Gasteiger partial charge in [-0.2, -0.15) is 0 Å². The molecule has 28 heavy (non-hydrogen) atoms. The summed E-state index contributed by atoms with van der Waals surface area (Å²) in [5.74, 6) is 3.43. The quantitative estimate of drug-likeness (QED) is 0.564. The predicted molar refractivity (Wildman–Crippen MR) is 104 cm³/mol. The number of sulfone groups is 1. The molecule has 0 aliphatic carbocycles. The zero-order chi connectivity index (χ0) is 20.9. The molecule has 0 aliphatic rings. The highest BCUT2D eigenvalue weighted by molar-refractivity contribution is 7.91. The number of aliphatic carboxylic acids is 1. The Morgan fingerprint density at radius 2 is 1.86 bits per heavy atom. The van der Waals surface area contributed by atoms with Gasteiger partial charge in [-0.1, -0.05) is 37.3 Å². The van der Waals surface area contributed by atoms with E-state index in [4.69, 9.17) is 21.4 Å². The first-order valence-corrected chi connectivity index (χ1v) is 10.3. The van der Waals surface area contributed by atoms with Crippen LogP contribution in [0.25, 0.3) is 0 Å². The van der Waals surface area contributed by atoms with Crippen LogP contribution in [0.1, 0.15) is 25.0 Å². The van der Waals surface area contributed by atoms with E-state index < -0.39 is 28.2 Å². The summed E-state index contributed by atoms with van der Waals surface area (Å²) in [6, 6.07) is 7.85. The fourth-order valence-electron chi connectivity index (χ4n) is 2.33. The molecule has 0 amide bonds. The largest absolute Gasteiger partial charge is 0.481 e. The van der Waals surface area contributed by atoms with Crippen molar-refractivity contribution < 1.29 is 27.4 Å². The fraction of sp³-hybridized carbons (Fsp3) is 0.250. The van der Waals surface area contributed by atoms with Gasteiger partial charge in [-0.15, -0.1) is 0 Å². The molecule has 0 saturated heterocycles. The average Bonchev–Trinajstić information content (AvgIpc) is 2.58. The number of carboxylic acid groups (broad SMARTS) is 1. The van der Waals surface area contributed by atoms with Gasteiger partial charge in [-0.25, -0.2) is 17.6 Å². The molecule has 5 nitrogen and oxygen atoms in total. The highest BCUT2D eigenvalue weighted by Gasteiger charge is 2.17. The lowest BCUT2D eigenvalue weighted by molar-refractivity contribution is -0.139. The number of halogens is 2. The van der Waals surface area contributed by atoms with Crippen LogP contribution in [0.4, 0.5) is 4.39 Å². The molecule has 0 saturated carbocycles. The van der Waals surface area contributed by atoms with Crippen LogP contribution in [0.3, 0.4) is 0 Å². The second-order valence-corrected chi connectivity index (χ2v) is 8.86. The third kappa shape index (κ3) is 5.98. The molecular weight excluding hydrogens is 407 g/mol. The lowest BCUT2D eigenvalue weighted by Crippen LogP contribution is -2.12. The Hall–Kier alpha value is -2.56. The molecule has 8 heteroatoms. The van der Waals surface area contributed by atoms with E-state index in [1.54, 1.807) is 13.8 Å². The van der Waals surface area contributed by atoms with Gasteiger partial charge >= 0.3 is 5.97 Å². The summed E-state index contributed by atoms with van der Waals surface area (Å²) < 4.78 is 44.0. The van der Waals surface area contributed by atoms with Crippen molar-refractivity contribution in [2.45, 2.75) is 18.7 Å². The predicted octanol–water partition coefficient (Wildman–Crippen LogP) is 3.77. The molecule has 0 fully saturated rings. The first-order chi connectivity index (χ1) is 13.1. The van der Waals surface area contributed by atoms with Crippen LogP contribution >= 0.6 is 11.6 Å². The number of hydrogen-bond acceptors (Lipinski definition) is 4. The zero-order valence-electron chi connectivity index (χ0n) is 15.2. The topological polar surface area (TPSA) is 80.7 Å². The molecule has 0 aromatic heterocycles. The van der Waals surface area contributed by atoms with E-state index in [-0.39, 0.29) is 33.4 Å². The number of ether oxygens (including phenoxy) is 1. The second-order valence-electron chi connectivity index (χ2n) is 6.39. The maximum Gasteiger partial charge on any atom is 0.341 e. The minimum absolute atomic E-state index is 0.0136. The van der Waals surface area contributed by atoms with Gasteiger partial charge in [0.1, 0.15) is 11.6 Å². The molecule has 0 heterocycles. The Morgan fingerprint density at radius 3 is 2.50 bits per heavy atom. The van der Waals surface area contributed by atoms with E-state index in [2.05, 4.69) is 11.8 Å². The number of benzene rings is 2. The van der Waals surface area contributed by atoms with Crippen molar-refractivity contribution in [2.24, 2.45) is 5.92 Å². The van der Waals surface area contributed by atoms with Crippen LogP contribution in [-0.2, 0) is 14.6 Å². The summed E-state index contributed by atoms with van der Waals surface area (Å²) in [6.45, 7) is 2.98. The van der Waals surface area contributed by atoms with Crippen molar-refractivity contribution in [1.29, 1.82) is 0 Å². The second kappa shape index (κ2) is 9.09. The third-order valence-electron chi connectivity index (χ3n) is 3.47. The SMILES string of the molecule is CC(C)CS(=O)(=O)c1ccc(F)c(C#Cc2cc(Cl)ccc2OCC(=O)O)c1. The summed E-state index contributed by atoms with van der Waals surface area (Å²) in [7, 11) is -3.56. The molecule has 2 aromatic rings. The van der Waals surface area contributed by atoms with Gasteiger partial charge in [0.15, 0.2) is 16.4 Å². The van der Waals surface area contributed by atoms with Crippen molar-refractivity contribution in [1.82, 2.24) is 0 Å². The van der Waals surface area contributed by atoms with Gasteiger partial charge < -0.3 is 9.84 Å². The normalized spacial score (nSPS) is 11.0. The Bertz CT molecular complexity index is 1050. The molecule has 1 N–H and O–H groups in total. The maximum absolute atomic E-state index is 14.1. The van der Waals surface area contributed by atoms with Gasteiger partial charge in [0.2, 0.25) is 0 Å². The molecule has 2 aromatic carbocycles. The van der Waals surface area contributed by atoms with Crippen molar-refractivity contribution in [2.75, 3.05) is 12.4 Å². The third-order valence-corrected chi connectivity index (χ3v) is 5.79. The van der Waals surface area contributed by atoms with Crippen LogP contribution in [0.5, 0.6) is 5.75 Å². The van der Waals surface area contributed by atoms with Crippen LogP contribution in [-0.4, -0.2) is 31.9 Å².